The van der Waals surface area contributed by atoms with Gasteiger partial charge in [-0.05, 0) is 88.3 Å². The fourth-order valence-electron chi connectivity index (χ4n) is 5.23. The Morgan fingerprint density at radius 3 is 2.71 bits per heavy atom. The van der Waals surface area contributed by atoms with Crippen LogP contribution in [0.3, 0.4) is 0 Å². The van der Waals surface area contributed by atoms with Crippen molar-refractivity contribution in [2.75, 3.05) is 13.7 Å². The standard InChI is InChI=1S/C30H24BrClN2O3S/c1-3-37-28-23(31)14-17(15-24(28)36-2)16-25-29(35)34-27(19-8-11-20(32)12-9-19)22-13-10-18-6-4-5-7-21(18)26(22)33-30(34)38-25/h4-9,11-12,14-16,27H,3,10,13H2,1-2H3. The van der Waals surface area contributed by atoms with E-state index in [4.69, 9.17) is 26.1 Å². The summed E-state index contributed by atoms with van der Waals surface area (Å²) in [6.45, 7) is 2.45. The molecule has 0 fully saturated rings. The van der Waals surface area contributed by atoms with Gasteiger partial charge in [-0.25, -0.2) is 4.99 Å². The zero-order valence-corrected chi connectivity index (χ0v) is 24.0. The van der Waals surface area contributed by atoms with Crippen molar-refractivity contribution < 1.29 is 9.47 Å². The fraction of sp³-hybridized carbons (Fsp3) is 0.200. The largest absolute Gasteiger partial charge is 0.493 e. The van der Waals surface area contributed by atoms with Crippen LogP contribution in [0.4, 0.5) is 0 Å². The number of benzene rings is 3. The Morgan fingerprint density at radius 1 is 1.16 bits per heavy atom. The summed E-state index contributed by atoms with van der Waals surface area (Å²) in [7, 11) is 1.61. The van der Waals surface area contributed by atoms with Crippen molar-refractivity contribution in [1.82, 2.24) is 4.57 Å². The van der Waals surface area contributed by atoms with Crippen molar-refractivity contribution in [3.63, 3.8) is 0 Å². The first-order valence-corrected chi connectivity index (χ1v) is 14.4. The predicted molar refractivity (Wildman–Crippen MR) is 156 cm³/mol. The van der Waals surface area contributed by atoms with E-state index in [0.29, 0.717) is 32.5 Å². The summed E-state index contributed by atoms with van der Waals surface area (Å²) in [5.41, 5.74) is 6.36. The third kappa shape index (κ3) is 4.32. The first kappa shape index (κ1) is 25.2. The predicted octanol–water partition coefficient (Wildman–Crippen LogP) is 6.14. The molecule has 0 N–H and O–H groups in total. The smallest absolute Gasteiger partial charge is 0.271 e. The minimum atomic E-state index is -0.240. The molecular weight excluding hydrogens is 584 g/mol. The average Bonchev–Trinajstić information content (AvgIpc) is 3.23. The van der Waals surface area contributed by atoms with E-state index in [1.54, 1.807) is 7.11 Å². The van der Waals surface area contributed by atoms with Gasteiger partial charge >= 0.3 is 0 Å². The lowest BCUT2D eigenvalue weighted by Gasteiger charge is -2.30. The van der Waals surface area contributed by atoms with Gasteiger partial charge in [0.2, 0.25) is 0 Å². The highest BCUT2D eigenvalue weighted by Crippen LogP contribution is 2.41. The number of allylic oxidation sites excluding steroid dienone is 1. The van der Waals surface area contributed by atoms with Crippen LogP contribution in [-0.2, 0) is 6.42 Å². The molecule has 0 saturated carbocycles. The zero-order valence-electron chi connectivity index (χ0n) is 20.8. The molecular formula is C30H24BrClN2O3S. The van der Waals surface area contributed by atoms with Crippen molar-refractivity contribution >= 4 is 50.6 Å². The van der Waals surface area contributed by atoms with Crippen LogP contribution < -0.4 is 24.4 Å². The third-order valence-electron chi connectivity index (χ3n) is 6.90. The van der Waals surface area contributed by atoms with Crippen molar-refractivity contribution in [3.8, 4) is 11.5 Å². The van der Waals surface area contributed by atoms with Gasteiger partial charge in [-0.2, -0.15) is 0 Å². The van der Waals surface area contributed by atoms with Gasteiger partial charge in [0, 0.05) is 10.6 Å². The molecule has 0 saturated heterocycles. The molecule has 5 nitrogen and oxygen atoms in total. The Kier molecular flexibility index (Phi) is 6.76. The number of halogens is 2. The van der Waals surface area contributed by atoms with Crippen LogP contribution in [0.5, 0.6) is 11.5 Å². The van der Waals surface area contributed by atoms with Crippen LogP contribution in [0.1, 0.15) is 41.6 Å². The van der Waals surface area contributed by atoms with Crippen molar-refractivity contribution in [2.45, 2.75) is 25.8 Å². The van der Waals surface area contributed by atoms with Gasteiger partial charge in [-0.3, -0.25) is 9.36 Å². The Hall–Kier alpha value is -3.13. The molecule has 1 aromatic heterocycles. The van der Waals surface area contributed by atoms with E-state index < -0.39 is 0 Å². The minimum absolute atomic E-state index is 0.0666. The molecule has 3 aromatic carbocycles. The fourth-order valence-corrected chi connectivity index (χ4v) is 6.93. The first-order valence-electron chi connectivity index (χ1n) is 12.4. The molecule has 0 amide bonds. The summed E-state index contributed by atoms with van der Waals surface area (Å²) in [6.07, 6.45) is 3.65. The molecule has 6 rings (SSSR count). The van der Waals surface area contributed by atoms with Crippen molar-refractivity contribution in [2.24, 2.45) is 4.99 Å². The van der Waals surface area contributed by atoms with Crippen LogP contribution in [0.15, 0.2) is 80.5 Å². The molecule has 8 heteroatoms. The summed E-state index contributed by atoms with van der Waals surface area (Å²) in [4.78, 5) is 19.7. The molecule has 1 aliphatic carbocycles. The quantitative estimate of drug-likeness (QED) is 0.274. The molecule has 4 aromatic rings. The lowest BCUT2D eigenvalue weighted by molar-refractivity contribution is 0.309. The van der Waals surface area contributed by atoms with Crippen LogP contribution >= 0.6 is 38.9 Å². The SMILES string of the molecule is CCOc1c(Br)cc(C=c2sc3n(c2=O)C(c2ccc(Cl)cc2)C2=C(N=3)c3ccccc3CC2)cc1OC. The molecule has 0 bridgehead atoms. The van der Waals surface area contributed by atoms with Crippen LogP contribution in [-0.4, -0.2) is 18.3 Å². The monoisotopic (exact) mass is 606 g/mol. The van der Waals surface area contributed by atoms with Crippen LogP contribution in [0.2, 0.25) is 5.02 Å². The number of aryl methyl sites for hydroxylation is 1. The molecule has 2 aliphatic rings. The second-order valence-electron chi connectivity index (χ2n) is 9.13. The number of rotatable bonds is 5. The van der Waals surface area contributed by atoms with Gasteiger partial charge in [0.25, 0.3) is 5.56 Å². The van der Waals surface area contributed by atoms with Crippen LogP contribution in [0.25, 0.3) is 11.8 Å². The lowest BCUT2D eigenvalue weighted by atomic mass is 9.83. The highest BCUT2D eigenvalue weighted by molar-refractivity contribution is 9.10. The van der Waals surface area contributed by atoms with Crippen LogP contribution in [0, 0.1) is 0 Å². The molecule has 1 unspecified atom stereocenters. The number of fused-ring (bicyclic) bond motifs is 3. The van der Waals surface area contributed by atoms with Gasteiger partial charge in [0.1, 0.15) is 0 Å². The normalized spacial score (nSPS) is 16.4. The van der Waals surface area contributed by atoms with Crippen molar-refractivity contribution in [1.29, 1.82) is 0 Å². The number of hydrogen-bond donors (Lipinski definition) is 0. The minimum Gasteiger partial charge on any atom is -0.493 e. The number of thiazole rings is 1. The maximum absolute atomic E-state index is 14.0. The first-order chi connectivity index (χ1) is 18.5. The lowest BCUT2D eigenvalue weighted by Crippen LogP contribution is -2.38. The van der Waals surface area contributed by atoms with E-state index in [-0.39, 0.29) is 11.6 Å². The summed E-state index contributed by atoms with van der Waals surface area (Å²) in [5.74, 6) is 1.24. The molecule has 2 heterocycles. The van der Waals surface area contributed by atoms with Gasteiger partial charge < -0.3 is 9.47 Å². The number of methoxy groups -OCH3 is 1. The summed E-state index contributed by atoms with van der Waals surface area (Å²) in [6, 6.07) is 19.8. The number of ether oxygens (including phenoxy) is 2. The highest BCUT2D eigenvalue weighted by Gasteiger charge is 2.32. The maximum atomic E-state index is 14.0. The summed E-state index contributed by atoms with van der Waals surface area (Å²) in [5, 5.41) is 0.666. The van der Waals surface area contributed by atoms with Gasteiger partial charge in [0.15, 0.2) is 16.3 Å². The van der Waals surface area contributed by atoms with Crippen molar-refractivity contribution in [3.05, 3.63) is 118 Å². The Balaban J connectivity index is 1.57. The Labute approximate surface area is 237 Å². The summed E-state index contributed by atoms with van der Waals surface area (Å²) < 4.78 is 14.5. The Morgan fingerprint density at radius 2 is 1.95 bits per heavy atom. The van der Waals surface area contributed by atoms with Gasteiger partial charge in [-0.1, -0.05) is 59.3 Å². The number of hydrogen-bond acceptors (Lipinski definition) is 5. The zero-order chi connectivity index (χ0) is 26.4. The van der Waals surface area contributed by atoms with E-state index >= 15 is 0 Å². The van der Waals surface area contributed by atoms with E-state index in [9.17, 15) is 4.79 Å². The molecule has 38 heavy (non-hydrogen) atoms. The molecule has 192 valence electrons. The third-order valence-corrected chi connectivity index (χ3v) is 8.72. The maximum Gasteiger partial charge on any atom is 0.271 e. The van der Waals surface area contributed by atoms with E-state index in [1.807, 2.05) is 60.0 Å². The molecule has 0 radical (unpaired) electrons. The van der Waals surface area contributed by atoms with E-state index in [1.165, 1.54) is 16.9 Å². The average molecular weight is 608 g/mol. The molecule has 1 aliphatic heterocycles. The number of aromatic nitrogens is 1. The van der Waals surface area contributed by atoms with E-state index in [2.05, 4.69) is 34.1 Å². The Bertz CT molecular complexity index is 1770. The topological polar surface area (TPSA) is 52.8 Å². The number of nitrogens with zero attached hydrogens (tertiary/aromatic N) is 2. The second-order valence-corrected chi connectivity index (χ2v) is 11.4. The second kappa shape index (κ2) is 10.2. The van der Waals surface area contributed by atoms with Gasteiger partial charge in [-0.15, -0.1) is 0 Å². The molecule has 0 spiro atoms. The molecule has 1 atom stereocenters. The van der Waals surface area contributed by atoms with E-state index in [0.717, 1.165) is 45.3 Å². The summed E-state index contributed by atoms with van der Waals surface area (Å²) >= 11 is 11.2. The highest BCUT2D eigenvalue weighted by atomic mass is 79.9. The van der Waals surface area contributed by atoms with Gasteiger partial charge in [0.05, 0.1) is 34.5 Å².